The fraction of sp³-hybridized carbons (Fsp3) is 0.250. The topological polar surface area (TPSA) is 78.1 Å². The first-order valence-electron chi connectivity index (χ1n) is 8.83. The minimum atomic E-state index is -3.52. The third-order valence-electron chi connectivity index (χ3n) is 4.88. The van der Waals surface area contributed by atoms with Gasteiger partial charge < -0.3 is 10.2 Å². The molecule has 6 nitrogen and oxygen atoms in total. The first-order valence-corrected chi connectivity index (χ1v) is 8.83. The standard InChI is InChI=1S/C20H18F2N4O2/c1-20(21,22)19(28)24-16-10-17(27)26(18(16)12-5-3-2-4-6-12)14-7-8-15-13(9-14)11-23-25-15/h2-9,11,16,18H,10H2,1H3,(H,23,25)(H,24,28)/t16-,18+/m0/s1. The van der Waals surface area contributed by atoms with E-state index in [1.165, 1.54) is 0 Å². The van der Waals surface area contributed by atoms with E-state index >= 15 is 0 Å². The number of amides is 2. The summed E-state index contributed by atoms with van der Waals surface area (Å²) in [5, 5.41) is 10.0. The molecule has 1 aliphatic rings. The molecule has 2 N–H and O–H groups in total. The Hall–Kier alpha value is -3.29. The van der Waals surface area contributed by atoms with Gasteiger partial charge in [-0.3, -0.25) is 14.7 Å². The van der Waals surface area contributed by atoms with Crippen molar-refractivity contribution in [3.05, 3.63) is 60.3 Å². The van der Waals surface area contributed by atoms with Crippen LogP contribution in [0.1, 0.15) is 24.9 Å². The van der Waals surface area contributed by atoms with Crippen LogP contribution in [-0.2, 0) is 9.59 Å². The van der Waals surface area contributed by atoms with Gasteiger partial charge >= 0.3 is 5.92 Å². The highest BCUT2D eigenvalue weighted by Crippen LogP contribution is 2.38. The van der Waals surface area contributed by atoms with Gasteiger partial charge in [0.25, 0.3) is 5.91 Å². The fourth-order valence-electron chi connectivity index (χ4n) is 3.57. The smallest absolute Gasteiger partial charge is 0.321 e. The van der Waals surface area contributed by atoms with Crippen molar-refractivity contribution >= 4 is 28.4 Å². The van der Waals surface area contributed by atoms with Crippen LogP contribution < -0.4 is 10.2 Å². The van der Waals surface area contributed by atoms with Gasteiger partial charge in [0, 0.05) is 24.4 Å². The van der Waals surface area contributed by atoms with Crippen molar-refractivity contribution in [1.82, 2.24) is 15.5 Å². The van der Waals surface area contributed by atoms with E-state index in [4.69, 9.17) is 0 Å². The second-order valence-corrected chi connectivity index (χ2v) is 6.93. The van der Waals surface area contributed by atoms with Gasteiger partial charge in [0.2, 0.25) is 5.91 Å². The second kappa shape index (κ2) is 6.70. The molecule has 2 aromatic carbocycles. The number of alkyl halides is 2. The molecule has 1 aliphatic heterocycles. The average molecular weight is 384 g/mol. The van der Waals surface area contributed by atoms with E-state index in [9.17, 15) is 18.4 Å². The molecule has 0 saturated carbocycles. The second-order valence-electron chi connectivity index (χ2n) is 6.93. The lowest BCUT2D eigenvalue weighted by Gasteiger charge is -2.29. The summed E-state index contributed by atoms with van der Waals surface area (Å²) in [7, 11) is 0. The fourth-order valence-corrected chi connectivity index (χ4v) is 3.57. The van der Waals surface area contributed by atoms with E-state index in [1.807, 2.05) is 36.4 Å². The van der Waals surface area contributed by atoms with Crippen LogP contribution in [0.4, 0.5) is 14.5 Å². The van der Waals surface area contributed by atoms with Gasteiger partial charge in [-0.15, -0.1) is 0 Å². The highest BCUT2D eigenvalue weighted by molar-refractivity contribution is 6.00. The summed E-state index contributed by atoms with van der Waals surface area (Å²) in [4.78, 5) is 26.3. The zero-order chi connectivity index (χ0) is 19.9. The number of benzene rings is 2. The highest BCUT2D eigenvalue weighted by atomic mass is 19.3. The van der Waals surface area contributed by atoms with Gasteiger partial charge in [-0.1, -0.05) is 30.3 Å². The maximum Gasteiger partial charge on any atom is 0.321 e. The number of fused-ring (bicyclic) bond motifs is 1. The summed E-state index contributed by atoms with van der Waals surface area (Å²) in [5.74, 6) is -5.16. The van der Waals surface area contributed by atoms with Gasteiger partial charge in [0.15, 0.2) is 0 Å². The molecule has 3 aromatic rings. The lowest BCUT2D eigenvalue weighted by molar-refractivity contribution is -0.143. The Balaban J connectivity index is 1.75. The maximum absolute atomic E-state index is 13.4. The molecule has 1 aromatic heterocycles. The highest BCUT2D eigenvalue weighted by Gasteiger charge is 2.45. The van der Waals surface area contributed by atoms with Crippen molar-refractivity contribution in [3.63, 3.8) is 0 Å². The lowest BCUT2D eigenvalue weighted by atomic mass is 9.99. The third kappa shape index (κ3) is 3.21. The molecule has 2 atom stereocenters. The number of rotatable bonds is 4. The van der Waals surface area contributed by atoms with Gasteiger partial charge in [-0.2, -0.15) is 13.9 Å². The number of hydrogen-bond donors (Lipinski definition) is 2. The van der Waals surface area contributed by atoms with Crippen LogP contribution in [-0.4, -0.2) is 34.0 Å². The number of aromatic amines is 1. The molecule has 0 aliphatic carbocycles. The average Bonchev–Trinajstić information content (AvgIpc) is 3.25. The molecule has 28 heavy (non-hydrogen) atoms. The first kappa shape index (κ1) is 18.1. The SMILES string of the molecule is CC(F)(F)C(=O)N[C@H]1CC(=O)N(c2ccc3[nH]ncc3c2)[C@@H]1c1ccccc1. The number of H-pyrrole nitrogens is 1. The van der Waals surface area contributed by atoms with E-state index in [-0.39, 0.29) is 12.3 Å². The first-order chi connectivity index (χ1) is 13.3. The van der Waals surface area contributed by atoms with Crippen LogP contribution in [0.25, 0.3) is 10.9 Å². The van der Waals surface area contributed by atoms with Crippen LogP contribution in [0, 0.1) is 0 Å². The molecule has 8 heteroatoms. The number of aromatic nitrogens is 2. The Morgan fingerprint density at radius 2 is 2.00 bits per heavy atom. The Morgan fingerprint density at radius 3 is 2.71 bits per heavy atom. The summed E-state index contributed by atoms with van der Waals surface area (Å²) in [6, 6.07) is 13.1. The Kier molecular flexibility index (Phi) is 4.33. The van der Waals surface area contributed by atoms with E-state index in [0.717, 1.165) is 16.5 Å². The molecule has 144 valence electrons. The van der Waals surface area contributed by atoms with Crippen LogP contribution in [0.2, 0.25) is 0 Å². The van der Waals surface area contributed by atoms with E-state index < -0.39 is 23.9 Å². The summed E-state index contributed by atoms with van der Waals surface area (Å²) < 4.78 is 26.9. The van der Waals surface area contributed by atoms with Gasteiger partial charge in [0.05, 0.1) is 23.8 Å². The summed E-state index contributed by atoms with van der Waals surface area (Å²) in [6.07, 6.45) is 1.58. The van der Waals surface area contributed by atoms with Crippen molar-refractivity contribution in [2.24, 2.45) is 0 Å². The molecule has 2 heterocycles. The maximum atomic E-state index is 13.4. The summed E-state index contributed by atoms with van der Waals surface area (Å²) >= 11 is 0. The summed E-state index contributed by atoms with van der Waals surface area (Å²) in [6.45, 7) is 0.543. The number of nitrogens with zero attached hydrogens (tertiary/aromatic N) is 2. The van der Waals surface area contributed by atoms with E-state index in [0.29, 0.717) is 12.6 Å². The molecule has 0 bridgehead atoms. The van der Waals surface area contributed by atoms with Crippen LogP contribution in [0.15, 0.2) is 54.7 Å². The van der Waals surface area contributed by atoms with Crippen molar-refractivity contribution in [1.29, 1.82) is 0 Å². The van der Waals surface area contributed by atoms with Gasteiger partial charge in [-0.25, -0.2) is 0 Å². The molecule has 1 saturated heterocycles. The van der Waals surface area contributed by atoms with Crippen molar-refractivity contribution in [2.45, 2.75) is 31.4 Å². The molecule has 1 fully saturated rings. The van der Waals surface area contributed by atoms with Crippen LogP contribution in [0.3, 0.4) is 0 Å². The Morgan fingerprint density at radius 1 is 1.25 bits per heavy atom. The Bertz CT molecular complexity index is 1030. The molecular formula is C20H18F2N4O2. The number of anilines is 1. The molecular weight excluding hydrogens is 366 g/mol. The van der Waals surface area contributed by atoms with Crippen molar-refractivity contribution < 1.29 is 18.4 Å². The quantitative estimate of drug-likeness (QED) is 0.725. The number of halogens is 2. The minimum Gasteiger partial charge on any atom is -0.345 e. The Labute approximate surface area is 159 Å². The molecule has 0 unspecified atom stereocenters. The van der Waals surface area contributed by atoms with Crippen molar-refractivity contribution in [3.8, 4) is 0 Å². The van der Waals surface area contributed by atoms with Gasteiger partial charge in [0.1, 0.15) is 0 Å². The minimum absolute atomic E-state index is 0.0647. The van der Waals surface area contributed by atoms with Gasteiger partial charge in [-0.05, 0) is 23.8 Å². The van der Waals surface area contributed by atoms with Crippen LogP contribution in [0.5, 0.6) is 0 Å². The predicted octanol–water partition coefficient (Wildman–Crippen LogP) is 3.18. The monoisotopic (exact) mass is 384 g/mol. The third-order valence-corrected chi connectivity index (χ3v) is 4.88. The molecule has 4 rings (SSSR count). The van der Waals surface area contributed by atoms with Crippen molar-refractivity contribution in [2.75, 3.05) is 4.90 Å². The molecule has 2 amide bonds. The predicted molar refractivity (Wildman–Crippen MR) is 99.9 cm³/mol. The normalized spacial score (nSPS) is 20.0. The van der Waals surface area contributed by atoms with E-state index in [1.54, 1.807) is 23.2 Å². The van der Waals surface area contributed by atoms with E-state index in [2.05, 4.69) is 15.5 Å². The number of carbonyl (C=O) groups is 2. The zero-order valence-electron chi connectivity index (χ0n) is 15.0. The number of hydrogen-bond acceptors (Lipinski definition) is 3. The summed E-state index contributed by atoms with van der Waals surface area (Å²) in [5.41, 5.74) is 2.19. The van der Waals surface area contributed by atoms with Crippen LogP contribution >= 0.6 is 0 Å². The largest absolute Gasteiger partial charge is 0.345 e. The molecule has 0 spiro atoms. The zero-order valence-corrected chi connectivity index (χ0v) is 15.0. The number of carbonyl (C=O) groups excluding carboxylic acids is 2. The lowest BCUT2D eigenvalue weighted by Crippen LogP contribution is -2.46. The number of nitrogens with one attached hydrogen (secondary N) is 2. The molecule has 0 radical (unpaired) electrons.